The van der Waals surface area contributed by atoms with Crippen molar-refractivity contribution in [2.75, 3.05) is 0 Å². The molecule has 0 spiro atoms. The van der Waals surface area contributed by atoms with Gasteiger partial charge in [-0.3, -0.25) is 4.79 Å². The first kappa shape index (κ1) is 15.5. The number of nitrogens with one attached hydrogen (secondary N) is 1. The van der Waals surface area contributed by atoms with Crippen molar-refractivity contribution >= 4 is 15.9 Å². The number of alkyl halides is 3. The van der Waals surface area contributed by atoms with Gasteiger partial charge in [-0.1, -0.05) is 15.9 Å². The Morgan fingerprint density at radius 3 is 2.33 bits per heavy atom. The molecule has 9 heteroatoms. The van der Waals surface area contributed by atoms with Crippen LogP contribution in [0.25, 0.3) is 5.69 Å². The minimum atomic E-state index is -4.87. The topological polar surface area (TPSA) is 54.9 Å². The monoisotopic (exact) mass is 366 g/mol. The largest absolute Gasteiger partial charge is 0.431 e. The first-order valence-corrected chi connectivity index (χ1v) is 6.30. The highest BCUT2D eigenvalue weighted by molar-refractivity contribution is 9.10. The molecule has 0 aliphatic heterocycles. The van der Waals surface area contributed by atoms with Crippen LogP contribution in [0.2, 0.25) is 0 Å². The smallest absolute Gasteiger partial charge is 0.303 e. The van der Waals surface area contributed by atoms with Crippen molar-refractivity contribution in [2.45, 2.75) is 13.1 Å². The molecule has 0 amide bonds. The number of aryl methyl sites for hydroxylation is 1. The Morgan fingerprint density at radius 1 is 1.19 bits per heavy atom. The molecule has 21 heavy (non-hydrogen) atoms. The molecule has 0 saturated carbocycles. The van der Waals surface area contributed by atoms with Crippen LogP contribution in [-0.2, 0) is 6.18 Å². The van der Waals surface area contributed by atoms with Gasteiger partial charge >= 0.3 is 11.9 Å². The highest BCUT2D eigenvalue weighted by Crippen LogP contribution is 2.26. The molecule has 0 aliphatic carbocycles. The number of aromatic nitrogens is 2. The molecule has 2 rings (SSSR count). The van der Waals surface area contributed by atoms with Gasteiger partial charge in [-0.15, -0.1) is 0 Å². The number of halogens is 5. The van der Waals surface area contributed by atoms with E-state index < -0.39 is 34.6 Å². The second kappa shape index (κ2) is 5.14. The lowest BCUT2D eigenvalue weighted by atomic mass is 10.2. The Bertz CT molecular complexity index is 792. The summed E-state index contributed by atoms with van der Waals surface area (Å²) in [6.07, 6.45) is -4.87. The van der Waals surface area contributed by atoms with E-state index in [2.05, 4.69) is 15.9 Å². The van der Waals surface area contributed by atoms with Gasteiger partial charge in [0.25, 0.3) is 5.56 Å². The molecular formula is C12H7BrF4N2O2. The van der Waals surface area contributed by atoms with Crippen LogP contribution in [0.1, 0.15) is 11.3 Å². The lowest BCUT2D eigenvalue weighted by Gasteiger charge is -2.10. The van der Waals surface area contributed by atoms with Crippen LogP contribution >= 0.6 is 15.9 Å². The van der Waals surface area contributed by atoms with E-state index in [1.165, 1.54) is 4.98 Å². The van der Waals surface area contributed by atoms with Gasteiger partial charge in [-0.25, -0.2) is 13.8 Å². The van der Waals surface area contributed by atoms with Crippen LogP contribution in [0.3, 0.4) is 0 Å². The van der Waals surface area contributed by atoms with Gasteiger partial charge in [0.15, 0.2) is 0 Å². The third kappa shape index (κ3) is 2.92. The van der Waals surface area contributed by atoms with Crippen molar-refractivity contribution in [1.29, 1.82) is 0 Å². The summed E-state index contributed by atoms with van der Waals surface area (Å²) in [5.74, 6) is -0.900. The summed E-state index contributed by atoms with van der Waals surface area (Å²) in [5.41, 5.74) is -4.06. The van der Waals surface area contributed by atoms with E-state index in [9.17, 15) is 27.2 Å². The Hall–Kier alpha value is -1.90. The highest BCUT2D eigenvalue weighted by Gasteiger charge is 2.33. The summed E-state index contributed by atoms with van der Waals surface area (Å²) in [7, 11) is 0. The number of aromatic amines is 1. The fourth-order valence-corrected chi connectivity index (χ4v) is 2.01. The van der Waals surface area contributed by atoms with E-state index in [1.54, 1.807) is 6.92 Å². The molecule has 0 radical (unpaired) electrons. The number of hydrogen-bond acceptors (Lipinski definition) is 2. The normalized spacial score (nSPS) is 11.7. The molecule has 1 N–H and O–H groups in total. The van der Waals surface area contributed by atoms with E-state index in [0.717, 1.165) is 12.1 Å². The van der Waals surface area contributed by atoms with E-state index in [4.69, 9.17) is 0 Å². The standard InChI is InChI=1S/C12H7BrF4N2O2/c1-5-2-7(14)8(3-6(5)13)19-10(20)4-9(12(15,16)17)18-11(19)21/h2-4H,1H3,(H,18,21). The first-order valence-electron chi connectivity index (χ1n) is 5.51. The average Bonchev–Trinajstić information content (AvgIpc) is 2.33. The van der Waals surface area contributed by atoms with Crippen molar-refractivity contribution < 1.29 is 17.6 Å². The molecule has 0 unspecified atom stereocenters. The van der Waals surface area contributed by atoms with Gasteiger partial charge in [0, 0.05) is 10.5 Å². The molecule has 0 atom stereocenters. The third-order valence-electron chi connectivity index (χ3n) is 2.71. The van der Waals surface area contributed by atoms with Crippen LogP contribution in [0.15, 0.2) is 32.3 Å². The van der Waals surface area contributed by atoms with Crippen LogP contribution in [0.5, 0.6) is 0 Å². The van der Waals surface area contributed by atoms with E-state index >= 15 is 0 Å². The number of hydrogen-bond donors (Lipinski definition) is 1. The minimum Gasteiger partial charge on any atom is -0.303 e. The molecule has 4 nitrogen and oxygen atoms in total. The molecule has 1 aromatic carbocycles. The van der Waals surface area contributed by atoms with Gasteiger partial charge in [-0.2, -0.15) is 13.2 Å². The summed E-state index contributed by atoms with van der Waals surface area (Å²) in [4.78, 5) is 24.9. The summed E-state index contributed by atoms with van der Waals surface area (Å²) >= 11 is 3.10. The fraction of sp³-hybridized carbons (Fsp3) is 0.167. The Morgan fingerprint density at radius 2 is 1.81 bits per heavy atom. The molecule has 0 fully saturated rings. The van der Waals surface area contributed by atoms with Crippen molar-refractivity contribution in [2.24, 2.45) is 0 Å². The van der Waals surface area contributed by atoms with Crippen LogP contribution in [0.4, 0.5) is 17.6 Å². The van der Waals surface area contributed by atoms with Crippen molar-refractivity contribution in [3.63, 3.8) is 0 Å². The molecule has 0 aliphatic rings. The molecule has 0 bridgehead atoms. The predicted molar refractivity (Wildman–Crippen MR) is 70.1 cm³/mol. The van der Waals surface area contributed by atoms with E-state index in [1.807, 2.05) is 0 Å². The maximum atomic E-state index is 13.9. The second-order valence-electron chi connectivity index (χ2n) is 4.21. The van der Waals surface area contributed by atoms with Gasteiger partial charge in [0.1, 0.15) is 11.5 Å². The molecule has 0 saturated heterocycles. The lowest BCUT2D eigenvalue weighted by molar-refractivity contribution is -0.141. The zero-order chi connectivity index (χ0) is 15.9. The SMILES string of the molecule is Cc1cc(F)c(-n2c(=O)cc(C(F)(F)F)[nH]c2=O)cc1Br. The Balaban J connectivity index is 2.75. The van der Waals surface area contributed by atoms with Gasteiger partial charge < -0.3 is 4.98 Å². The zero-order valence-electron chi connectivity index (χ0n) is 10.4. The number of H-pyrrole nitrogens is 1. The minimum absolute atomic E-state index is 0.203. The Kier molecular flexibility index (Phi) is 3.79. The molecule has 2 aromatic rings. The quantitative estimate of drug-likeness (QED) is 0.789. The molecular weight excluding hydrogens is 360 g/mol. The summed E-state index contributed by atoms with van der Waals surface area (Å²) in [6, 6.07) is 2.41. The summed E-state index contributed by atoms with van der Waals surface area (Å²) < 4.78 is 52.0. The van der Waals surface area contributed by atoms with E-state index in [-0.39, 0.29) is 6.07 Å². The molecule has 1 aromatic heterocycles. The number of benzene rings is 1. The van der Waals surface area contributed by atoms with Crippen LogP contribution in [0, 0.1) is 12.7 Å². The maximum Gasteiger partial charge on any atom is 0.431 e. The van der Waals surface area contributed by atoms with Crippen molar-refractivity contribution in [3.05, 3.63) is 60.6 Å². The summed E-state index contributed by atoms with van der Waals surface area (Å²) in [5, 5.41) is 0. The van der Waals surface area contributed by atoms with Crippen LogP contribution in [-0.4, -0.2) is 9.55 Å². The van der Waals surface area contributed by atoms with Gasteiger partial charge in [-0.05, 0) is 24.6 Å². The highest BCUT2D eigenvalue weighted by atomic mass is 79.9. The van der Waals surface area contributed by atoms with Gasteiger partial charge in [0.2, 0.25) is 0 Å². The third-order valence-corrected chi connectivity index (χ3v) is 3.56. The maximum absolute atomic E-state index is 13.9. The van der Waals surface area contributed by atoms with Crippen LogP contribution < -0.4 is 11.2 Å². The van der Waals surface area contributed by atoms with Gasteiger partial charge in [0.05, 0.1) is 5.69 Å². The summed E-state index contributed by atoms with van der Waals surface area (Å²) in [6.45, 7) is 1.58. The van der Waals surface area contributed by atoms with Crippen molar-refractivity contribution in [3.8, 4) is 5.69 Å². The predicted octanol–water partition coefficient (Wildman–Crippen LogP) is 2.75. The number of nitrogens with zero attached hydrogens (tertiary/aromatic N) is 1. The zero-order valence-corrected chi connectivity index (χ0v) is 12.0. The second-order valence-corrected chi connectivity index (χ2v) is 5.07. The number of rotatable bonds is 1. The van der Waals surface area contributed by atoms with E-state index in [0.29, 0.717) is 14.6 Å². The Labute approximate surface area is 123 Å². The molecule has 1 heterocycles. The fourth-order valence-electron chi connectivity index (χ4n) is 1.68. The average molecular weight is 367 g/mol. The van der Waals surface area contributed by atoms with Crippen molar-refractivity contribution in [1.82, 2.24) is 9.55 Å². The lowest BCUT2D eigenvalue weighted by Crippen LogP contribution is -2.36. The molecule has 112 valence electrons. The first-order chi connectivity index (χ1) is 9.61.